The third kappa shape index (κ3) is 3.77. The summed E-state index contributed by atoms with van der Waals surface area (Å²) < 4.78 is 1.93. The summed E-state index contributed by atoms with van der Waals surface area (Å²) in [5.74, 6) is 0. The fourth-order valence-electron chi connectivity index (χ4n) is 3.02. The lowest BCUT2D eigenvalue weighted by Gasteiger charge is -2.32. The Hall–Kier alpha value is -0.630. The molecule has 3 N–H and O–H groups in total. The number of likely N-dealkylation sites (tertiary alicyclic amines) is 1. The van der Waals surface area contributed by atoms with Gasteiger partial charge >= 0.3 is 5.69 Å². The highest BCUT2D eigenvalue weighted by molar-refractivity contribution is 8.93. The van der Waals surface area contributed by atoms with Crippen molar-refractivity contribution in [3.05, 3.63) is 34.7 Å². The number of fused-ring (bicyclic) bond motifs is 1. The standard InChI is InChI=1S/C14H20N4O.2BrH/c15-7-10-17-8-5-11(6-9-17)18-13-4-2-1-3-12(13)16-14(18)19;;/h1-4,11H,5-10,15H2,(H,16,19);2*1H. The minimum absolute atomic E-state index is 0. The highest BCUT2D eigenvalue weighted by Gasteiger charge is 2.22. The zero-order valence-electron chi connectivity index (χ0n) is 11.8. The van der Waals surface area contributed by atoms with Crippen LogP contribution in [0.4, 0.5) is 0 Å². The molecule has 0 radical (unpaired) electrons. The van der Waals surface area contributed by atoms with E-state index in [-0.39, 0.29) is 39.7 Å². The molecule has 3 rings (SSSR count). The first-order valence-corrected chi connectivity index (χ1v) is 6.91. The van der Waals surface area contributed by atoms with Gasteiger partial charge in [0.25, 0.3) is 0 Å². The maximum Gasteiger partial charge on any atom is 0.326 e. The molecule has 1 aromatic carbocycles. The second-order valence-electron chi connectivity index (χ2n) is 5.18. The van der Waals surface area contributed by atoms with Crippen LogP contribution in [0.25, 0.3) is 11.0 Å². The second kappa shape index (κ2) is 8.12. The molecule has 0 bridgehead atoms. The highest BCUT2D eigenvalue weighted by atomic mass is 79.9. The molecular weight excluding hydrogens is 400 g/mol. The quantitative estimate of drug-likeness (QED) is 0.797. The summed E-state index contributed by atoms with van der Waals surface area (Å²) in [5, 5.41) is 0. The molecule has 1 saturated heterocycles. The van der Waals surface area contributed by atoms with E-state index in [1.165, 1.54) is 0 Å². The molecule has 0 spiro atoms. The van der Waals surface area contributed by atoms with Gasteiger partial charge in [0, 0.05) is 32.2 Å². The number of piperidine rings is 1. The molecule has 1 aliphatic heterocycles. The molecule has 0 amide bonds. The minimum atomic E-state index is 0. The number of hydrogen-bond donors (Lipinski definition) is 2. The fourth-order valence-corrected chi connectivity index (χ4v) is 3.02. The maximum atomic E-state index is 12.1. The normalized spacial score (nSPS) is 16.4. The molecule has 118 valence electrons. The number of nitrogens with two attached hydrogens (primary N) is 1. The summed E-state index contributed by atoms with van der Waals surface area (Å²) in [6, 6.07) is 8.20. The molecule has 5 nitrogen and oxygen atoms in total. The molecule has 1 aliphatic rings. The minimum Gasteiger partial charge on any atom is -0.329 e. The number of nitrogens with one attached hydrogen (secondary N) is 1. The lowest BCUT2D eigenvalue weighted by atomic mass is 10.0. The van der Waals surface area contributed by atoms with Crippen LogP contribution < -0.4 is 11.4 Å². The molecule has 1 aromatic heterocycles. The van der Waals surface area contributed by atoms with Crippen LogP contribution in [0.5, 0.6) is 0 Å². The Morgan fingerprint density at radius 1 is 1.19 bits per heavy atom. The van der Waals surface area contributed by atoms with E-state index in [0.717, 1.165) is 43.5 Å². The van der Waals surface area contributed by atoms with E-state index >= 15 is 0 Å². The predicted octanol–water partition coefficient (Wildman–Crippen LogP) is 2.08. The fraction of sp³-hybridized carbons (Fsp3) is 0.500. The largest absolute Gasteiger partial charge is 0.329 e. The summed E-state index contributed by atoms with van der Waals surface area (Å²) >= 11 is 0. The van der Waals surface area contributed by atoms with E-state index in [2.05, 4.69) is 9.88 Å². The molecule has 0 aliphatic carbocycles. The number of H-pyrrole nitrogens is 1. The smallest absolute Gasteiger partial charge is 0.326 e. The summed E-state index contributed by atoms with van der Waals surface area (Å²) in [7, 11) is 0. The number of nitrogens with zero attached hydrogens (tertiary/aromatic N) is 2. The van der Waals surface area contributed by atoms with Gasteiger partial charge in [0.1, 0.15) is 0 Å². The van der Waals surface area contributed by atoms with Crippen molar-refractivity contribution in [1.82, 2.24) is 14.5 Å². The van der Waals surface area contributed by atoms with Crippen LogP contribution in [0.2, 0.25) is 0 Å². The summed E-state index contributed by atoms with van der Waals surface area (Å²) in [5.41, 5.74) is 7.54. The third-order valence-electron chi connectivity index (χ3n) is 3.99. The van der Waals surface area contributed by atoms with E-state index in [0.29, 0.717) is 12.6 Å². The van der Waals surface area contributed by atoms with Gasteiger partial charge in [0.05, 0.1) is 11.0 Å². The lowest BCUT2D eigenvalue weighted by molar-refractivity contribution is 0.191. The Morgan fingerprint density at radius 3 is 2.52 bits per heavy atom. The SMILES string of the molecule is Br.Br.NCCN1CCC(n2c(=O)[nH]c3ccccc32)CC1. The van der Waals surface area contributed by atoms with Crippen molar-refractivity contribution in [2.24, 2.45) is 5.73 Å². The summed E-state index contributed by atoms with van der Waals surface area (Å²) in [6.45, 7) is 3.70. The maximum absolute atomic E-state index is 12.1. The number of hydrogen-bond acceptors (Lipinski definition) is 3. The number of aromatic nitrogens is 2. The van der Waals surface area contributed by atoms with Crippen molar-refractivity contribution in [1.29, 1.82) is 0 Å². The van der Waals surface area contributed by atoms with Crippen molar-refractivity contribution in [3.63, 3.8) is 0 Å². The molecular formula is C14H22Br2N4O. The van der Waals surface area contributed by atoms with Crippen molar-refractivity contribution in [2.45, 2.75) is 18.9 Å². The van der Waals surface area contributed by atoms with Crippen LogP contribution in [0.15, 0.2) is 29.1 Å². The second-order valence-corrected chi connectivity index (χ2v) is 5.18. The van der Waals surface area contributed by atoms with Crippen molar-refractivity contribution >= 4 is 45.0 Å². The van der Waals surface area contributed by atoms with Crippen molar-refractivity contribution < 1.29 is 0 Å². The summed E-state index contributed by atoms with van der Waals surface area (Å²) in [6.07, 6.45) is 2.03. The van der Waals surface area contributed by atoms with Gasteiger partial charge in [-0.2, -0.15) is 0 Å². The first-order valence-electron chi connectivity index (χ1n) is 6.91. The molecule has 7 heteroatoms. The number of para-hydroxylation sites is 2. The predicted molar refractivity (Wildman–Crippen MR) is 97.0 cm³/mol. The molecule has 21 heavy (non-hydrogen) atoms. The van der Waals surface area contributed by atoms with E-state index in [1.807, 2.05) is 28.8 Å². The van der Waals surface area contributed by atoms with Crippen LogP contribution in [0, 0.1) is 0 Å². The van der Waals surface area contributed by atoms with Gasteiger partial charge < -0.3 is 15.6 Å². The average Bonchev–Trinajstić information content (AvgIpc) is 2.76. The molecule has 0 atom stereocenters. The third-order valence-corrected chi connectivity index (χ3v) is 3.99. The monoisotopic (exact) mass is 420 g/mol. The number of aromatic amines is 1. The van der Waals surface area contributed by atoms with Crippen LogP contribution in [-0.2, 0) is 0 Å². The molecule has 0 saturated carbocycles. The number of rotatable bonds is 3. The Kier molecular flexibility index (Phi) is 7.12. The van der Waals surface area contributed by atoms with Gasteiger partial charge in [-0.15, -0.1) is 34.0 Å². The summed E-state index contributed by atoms with van der Waals surface area (Å²) in [4.78, 5) is 17.4. The molecule has 0 unspecified atom stereocenters. The average molecular weight is 422 g/mol. The Bertz CT molecular complexity index is 617. The first kappa shape index (κ1) is 18.4. The highest BCUT2D eigenvalue weighted by Crippen LogP contribution is 2.24. The Morgan fingerprint density at radius 2 is 1.86 bits per heavy atom. The van der Waals surface area contributed by atoms with Crippen molar-refractivity contribution in [2.75, 3.05) is 26.2 Å². The molecule has 2 heterocycles. The zero-order valence-corrected chi connectivity index (χ0v) is 15.3. The van der Waals surface area contributed by atoms with Gasteiger partial charge in [0.2, 0.25) is 0 Å². The van der Waals surface area contributed by atoms with E-state index < -0.39 is 0 Å². The van der Waals surface area contributed by atoms with Gasteiger partial charge in [-0.05, 0) is 25.0 Å². The van der Waals surface area contributed by atoms with Gasteiger partial charge in [0.15, 0.2) is 0 Å². The lowest BCUT2D eigenvalue weighted by Crippen LogP contribution is -2.39. The van der Waals surface area contributed by atoms with Crippen molar-refractivity contribution in [3.8, 4) is 0 Å². The Labute approximate surface area is 145 Å². The topological polar surface area (TPSA) is 67.0 Å². The van der Waals surface area contributed by atoms with Crippen LogP contribution >= 0.6 is 34.0 Å². The Balaban J connectivity index is 0.00000110. The zero-order chi connectivity index (χ0) is 13.2. The number of benzene rings is 1. The van der Waals surface area contributed by atoms with E-state index in [9.17, 15) is 4.79 Å². The van der Waals surface area contributed by atoms with E-state index in [4.69, 9.17) is 5.73 Å². The van der Waals surface area contributed by atoms with Gasteiger partial charge in [-0.25, -0.2) is 4.79 Å². The van der Waals surface area contributed by atoms with Gasteiger partial charge in [-0.1, -0.05) is 12.1 Å². The number of imidazole rings is 1. The molecule has 1 fully saturated rings. The molecule has 2 aromatic rings. The van der Waals surface area contributed by atoms with Crippen LogP contribution in [-0.4, -0.2) is 40.6 Å². The van der Waals surface area contributed by atoms with Gasteiger partial charge in [-0.3, -0.25) is 4.57 Å². The first-order chi connectivity index (χ1) is 9.29. The van der Waals surface area contributed by atoms with Crippen LogP contribution in [0.1, 0.15) is 18.9 Å². The number of halogens is 2. The van der Waals surface area contributed by atoms with E-state index in [1.54, 1.807) is 0 Å². The van der Waals surface area contributed by atoms with Crippen LogP contribution in [0.3, 0.4) is 0 Å².